The standard InChI is InChI=1S/C15H18FNO/c1-11(2)14(18)15(7-9-17-10-8-15)12-3-5-13(16)6-4-12/h3-6,17H,1,7-10H2,2H3. The maximum atomic E-state index is 13.0. The molecule has 0 radical (unpaired) electrons. The van der Waals surface area contributed by atoms with Gasteiger partial charge in [0.2, 0.25) is 0 Å². The third-order valence-electron chi connectivity index (χ3n) is 3.68. The molecule has 0 unspecified atom stereocenters. The van der Waals surface area contributed by atoms with Crippen molar-refractivity contribution in [1.82, 2.24) is 5.32 Å². The van der Waals surface area contributed by atoms with Gasteiger partial charge >= 0.3 is 0 Å². The SMILES string of the molecule is C=C(C)C(=O)C1(c2ccc(F)cc2)CCNCC1. The van der Waals surface area contributed by atoms with Gasteiger partial charge in [0.1, 0.15) is 5.82 Å². The summed E-state index contributed by atoms with van der Waals surface area (Å²) in [6.07, 6.45) is 1.48. The van der Waals surface area contributed by atoms with Crippen molar-refractivity contribution in [3.63, 3.8) is 0 Å². The highest BCUT2D eigenvalue weighted by molar-refractivity contribution is 6.02. The summed E-state index contributed by atoms with van der Waals surface area (Å²) < 4.78 is 13.0. The Morgan fingerprint density at radius 3 is 2.33 bits per heavy atom. The molecule has 1 aliphatic rings. The molecule has 18 heavy (non-hydrogen) atoms. The summed E-state index contributed by atoms with van der Waals surface area (Å²) in [4.78, 5) is 12.5. The van der Waals surface area contributed by atoms with Gasteiger partial charge in [0.15, 0.2) is 5.78 Å². The first-order valence-corrected chi connectivity index (χ1v) is 6.23. The Hall–Kier alpha value is -1.48. The Labute approximate surface area is 107 Å². The van der Waals surface area contributed by atoms with Crippen molar-refractivity contribution in [2.45, 2.75) is 25.2 Å². The summed E-state index contributed by atoms with van der Waals surface area (Å²) in [7, 11) is 0. The number of rotatable bonds is 3. The molecule has 1 heterocycles. The number of piperidine rings is 1. The van der Waals surface area contributed by atoms with Gasteiger partial charge in [-0.3, -0.25) is 4.79 Å². The first kappa shape index (κ1) is 13.0. The molecule has 1 aliphatic heterocycles. The van der Waals surface area contributed by atoms with Crippen molar-refractivity contribution in [2.75, 3.05) is 13.1 Å². The van der Waals surface area contributed by atoms with Crippen molar-refractivity contribution in [1.29, 1.82) is 0 Å². The molecule has 0 atom stereocenters. The summed E-state index contributed by atoms with van der Waals surface area (Å²) in [6, 6.07) is 6.29. The Morgan fingerprint density at radius 2 is 1.83 bits per heavy atom. The molecular formula is C15H18FNO. The van der Waals surface area contributed by atoms with E-state index in [-0.39, 0.29) is 11.6 Å². The highest BCUT2D eigenvalue weighted by Gasteiger charge is 2.40. The third-order valence-corrected chi connectivity index (χ3v) is 3.68. The third kappa shape index (κ3) is 2.23. The van der Waals surface area contributed by atoms with Gasteiger partial charge in [-0.2, -0.15) is 0 Å². The monoisotopic (exact) mass is 247 g/mol. The minimum Gasteiger partial charge on any atom is -0.317 e. The highest BCUT2D eigenvalue weighted by Crippen LogP contribution is 2.36. The van der Waals surface area contributed by atoms with Crippen molar-refractivity contribution in [2.24, 2.45) is 0 Å². The Balaban J connectivity index is 2.44. The molecule has 96 valence electrons. The molecule has 0 aromatic heterocycles. The minimum atomic E-state index is -0.523. The van der Waals surface area contributed by atoms with Crippen LogP contribution in [0.3, 0.4) is 0 Å². The smallest absolute Gasteiger partial charge is 0.168 e. The zero-order valence-corrected chi connectivity index (χ0v) is 10.6. The molecule has 1 N–H and O–H groups in total. The average Bonchev–Trinajstić information content (AvgIpc) is 2.39. The van der Waals surface area contributed by atoms with Gasteiger partial charge in [-0.05, 0) is 56.1 Å². The van der Waals surface area contributed by atoms with E-state index >= 15 is 0 Å². The Kier molecular flexibility index (Phi) is 3.62. The van der Waals surface area contributed by atoms with E-state index in [9.17, 15) is 9.18 Å². The second-order valence-corrected chi connectivity index (χ2v) is 4.95. The van der Waals surface area contributed by atoms with Gasteiger partial charge in [0.25, 0.3) is 0 Å². The molecule has 2 nitrogen and oxygen atoms in total. The van der Waals surface area contributed by atoms with E-state index in [1.165, 1.54) is 12.1 Å². The maximum absolute atomic E-state index is 13.0. The second kappa shape index (κ2) is 5.02. The fourth-order valence-electron chi connectivity index (χ4n) is 2.68. The molecular weight excluding hydrogens is 229 g/mol. The molecule has 2 rings (SSSR count). The topological polar surface area (TPSA) is 29.1 Å². The van der Waals surface area contributed by atoms with Gasteiger partial charge in [0, 0.05) is 0 Å². The number of halogens is 1. The zero-order valence-electron chi connectivity index (χ0n) is 10.6. The van der Waals surface area contributed by atoms with Crippen molar-refractivity contribution < 1.29 is 9.18 Å². The van der Waals surface area contributed by atoms with E-state index in [4.69, 9.17) is 0 Å². The largest absolute Gasteiger partial charge is 0.317 e. The quantitative estimate of drug-likeness (QED) is 0.832. The maximum Gasteiger partial charge on any atom is 0.168 e. The van der Waals surface area contributed by atoms with Crippen LogP contribution < -0.4 is 5.32 Å². The van der Waals surface area contributed by atoms with Crippen LogP contribution in [0.1, 0.15) is 25.3 Å². The van der Waals surface area contributed by atoms with Gasteiger partial charge < -0.3 is 5.32 Å². The van der Waals surface area contributed by atoms with E-state index in [1.807, 2.05) is 0 Å². The first-order valence-electron chi connectivity index (χ1n) is 6.23. The summed E-state index contributed by atoms with van der Waals surface area (Å²) in [5, 5.41) is 3.26. The molecule has 1 fully saturated rings. The van der Waals surface area contributed by atoms with Crippen LogP contribution in [0.15, 0.2) is 36.4 Å². The van der Waals surface area contributed by atoms with Crippen molar-refractivity contribution in [3.05, 3.63) is 47.8 Å². The molecule has 0 bridgehead atoms. The molecule has 0 saturated carbocycles. The van der Waals surface area contributed by atoms with Crippen LogP contribution in [0.4, 0.5) is 4.39 Å². The van der Waals surface area contributed by atoms with E-state index in [0.717, 1.165) is 31.5 Å². The summed E-state index contributed by atoms with van der Waals surface area (Å²) >= 11 is 0. The Morgan fingerprint density at radius 1 is 1.28 bits per heavy atom. The van der Waals surface area contributed by atoms with Crippen LogP contribution in [0.5, 0.6) is 0 Å². The number of ketones is 1. The number of Topliss-reactive ketones (excluding diaryl/α,β-unsaturated/α-hetero) is 1. The highest BCUT2D eigenvalue weighted by atomic mass is 19.1. The molecule has 0 aliphatic carbocycles. The van der Waals surface area contributed by atoms with Crippen LogP contribution >= 0.6 is 0 Å². The van der Waals surface area contributed by atoms with Gasteiger partial charge in [-0.15, -0.1) is 0 Å². The van der Waals surface area contributed by atoms with Crippen LogP contribution in [-0.4, -0.2) is 18.9 Å². The lowest BCUT2D eigenvalue weighted by atomic mass is 9.68. The number of hydrogen-bond acceptors (Lipinski definition) is 2. The van der Waals surface area contributed by atoms with Crippen molar-refractivity contribution >= 4 is 5.78 Å². The number of nitrogens with one attached hydrogen (secondary N) is 1. The molecule has 0 spiro atoms. The van der Waals surface area contributed by atoms with E-state index in [2.05, 4.69) is 11.9 Å². The average molecular weight is 247 g/mol. The van der Waals surface area contributed by atoms with Crippen LogP contribution in [-0.2, 0) is 10.2 Å². The van der Waals surface area contributed by atoms with Crippen LogP contribution in [0, 0.1) is 5.82 Å². The number of allylic oxidation sites excluding steroid dienone is 1. The predicted molar refractivity (Wildman–Crippen MR) is 70.0 cm³/mol. The van der Waals surface area contributed by atoms with Gasteiger partial charge in [-0.25, -0.2) is 4.39 Å². The van der Waals surface area contributed by atoms with E-state index in [0.29, 0.717) is 5.57 Å². The first-order chi connectivity index (χ1) is 8.56. The summed E-state index contributed by atoms with van der Waals surface area (Å²) in [6.45, 7) is 7.12. The molecule has 3 heteroatoms. The molecule has 1 aromatic carbocycles. The molecule has 0 amide bonds. The summed E-state index contributed by atoms with van der Waals surface area (Å²) in [5.74, 6) is -0.193. The molecule has 1 saturated heterocycles. The lowest BCUT2D eigenvalue weighted by Crippen LogP contribution is -2.45. The number of carbonyl (C=O) groups is 1. The lowest BCUT2D eigenvalue weighted by molar-refractivity contribution is -0.121. The van der Waals surface area contributed by atoms with Crippen LogP contribution in [0.25, 0.3) is 0 Å². The lowest BCUT2D eigenvalue weighted by Gasteiger charge is -2.37. The van der Waals surface area contributed by atoms with Crippen LogP contribution in [0.2, 0.25) is 0 Å². The molecule has 1 aromatic rings. The van der Waals surface area contributed by atoms with E-state index in [1.54, 1.807) is 19.1 Å². The van der Waals surface area contributed by atoms with E-state index < -0.39 is 5.41 Å². The second-order valence-electron chi connectivity index (χ2n) is 4.95. The van der Waals surface area contributed by atoms with Gasteiger partial charge in [0.05, 0.1) is 5.41 Å². The fraction of sp³-hybridized carbons (Fsp3) is 0.400. The normalized spacial score (nSPS) is 18.3. The van der Waals surface area contributed by atoms with Gasteiger partial charge in [-0.1, -0.05) is 18.7 Å². The Bertz CT molecular complexity index is 458. The number of hydrogen-bond donors (Lipinski definition) is 1. The minimum absolute atomic E-state index is 0.0793. The fourth-order valence-corrected chi connectivity index (χ4v) is 2.68. The predicted octanol–water partition coefficient (Wildman–Crippen LogP) is 2.59. The number of carbonyl (C=O) groups excluding carboxylic acids is 1. The zero-order chi connectivity index (χ0) is 13.2. The summed E-state index contributed by atoms with van der Waals surface area (Å²) in [5.41, 5.74) is 0.949. The number of benzene rings is 1. The van der Waals surface area contributed by atoms with Crippen molar-refractivity contribution in [3.8, 4) is 0 Å².